The Morgan fingerprint density at radius 3 is 3.22 bits per heavy atom. The van der Waals surface area contributed by atoms with Crippen molar-refractivity contribution in [2.24, 2.45) is 5.92 Å². The summed E-state index contributed by atoms with van der Waals surface area (Å²) in [5, 5.41) is 9.20. The Morgan fingerprint density at radius 2 is 2.50 bits per heavy atom. The van der Waals surface area contributed by atoms with Crippen LogP contribution in [0.5, 0.6) is 0 Å². The second kappa shape index (κ2) is 5.77. The van der Waals surface area contributed by atoms with Crippen molar-refractivity contribution in [3.05, 3.63) is 18.1 Å². The zero-order valence-electron chi connectivity index (χ0n) is 10.4. The van der Waals surface area contributed by atoms with Crippen molar-refractivity contribution in [3.63, 3.8) is 0 Å². The zero-order valence-corrected chi connectivity index (χ0v) is 10.4. The van der Waals surface area contributed by atoms with Crippen molar-refractivity contribution in [2.45, 2.75) is 12.8 Å². The number of methoxy groups -OCH3 is 1. The number of anilines is 1. The van der Waals surface area contributed by atoms with Gasteiger partial charge in [-0.05, 0) is 24.8 Å². The van der Waals surface area contributed by atoms with Crippen molar-refractivity contribution >= 4 is 11.8 Å². The molecule has 1 N–H and O–H groups in total. The second-order valence-corrected chi connectivity index (χ2v) is 4.37. The monoisotopic (exact) mass is 251 g/mol. The highest BCUT2D eigenvalue weighted by Gasteiger charge is 2.21. The van der Waals surface area contributed by atoms with Crippen molar-refractivity contribution in [2.75, 3.05) is 31.7 Å². The van der Waals surface area contributed by atoms with E-state index in [0.717, 1.165) is 25.9 Å². The van der Waals surface area contributed by atoms with Crippen molar-refractivity contribution in [3.8, 4) is 0 Å². The normalized spacial score (nSPS) is 19.7. The molecule has 1 aromatic rings. The fraction of sp³-hybridized carbons (Fsp3) is 0.583. The number of aromatic nitrogens is 2. The standard InChI is InChI=1S/C12H17N3O3/c1-18-12(17)11-13-5-4-10(14-11)15-6-2-3-9(7-15)8-16/h4-5,9,16H,2-3,6-8H2,1H3. The fourth-order valence-corrected chi connectivity index (χ4v) is 2.14. The van der Waals surface area contributed by atoms with Gasteiger partial charge in [0.05, 0.1) is 7.11 Å². The average Bonchev–Trinajstić information content (AvgIpc) is 2.46. The molecule has 0 aliphatic carbocycles. The van der Waals surface area contributed by atoms with E-state index >= 15 is 0 Å². The summed E-state index contributed by atoms with van der Waals surface area (Å²) in [5.41, 5.74) is 0. The average molecular weight is 251 g/mol. The Balaban J connectivity index is 2.15. The van der Waals surface area contributed by atoms with Gasteiger partial charge in [-0.1, -0.05) is 0 Å². The zero-order chi connectivity index (χ0) is 13.0. The molecule has 0 spiro atoms. The van der Waals surface area contributed by atoms with E-state index in [2.05, 4.69) is 19.6 Å². The number of aliphatic hydroxyl groups excluding tert-OH is 1. The van der Waals surface area contributed by atoms with Crippen LogP contribution in [-0.2, 0) is 4.74 Å². The van der Waals surface area contributed by atoms with E-state index in [9.17, 15) is 9.90 Å². The highest BCUT2D eigenvalue weighted by Crippen LogP contribution is 2.21. The number of rotatable bonds is 3. The molecule has 1 saturated heterocycles. The Labute approximate surface area is 106 Å². The van der Waals surface area contributed by atoms with E-state index in [4.69, 9.17) is 0 Å². The van der Waals surface area contributed by atoms with Crippen LogP contribution in [0, 0.1) is 5.92 Å². The number of nitrogens with zero attached hydrogens (tertiary/aromatic N) is 3. The maximum Gasteiger partial charge on any atom is 0.376 e. The lowest BCUT2D eigenvalue weighted by atomic mass is 9.99. The Hall–Kier alpha value is -1.69. The lowest BCUT2D eigenvalue weighted by molar-refractivity contribution is 0.0586. The van der Waals surface area contributed by atoms with Crippen molar-refractivity contribution < 1.29 is 14.6 Å². The molecule has 6 nitrogen and oxygen atoms in total. The lowest BCUT2D eigenvalue weighted by Crippen LogP contribution is -2.37. The lowest BCUT2D eigenvalue weighted by Gasteiger charge is -2.32. The number of carbonyl (C=O) groups is 1. The van der Waals surface area contributed by atoms with E-state index < -0.39 is 5.97 Å². The molecule has 0 aromatic carbocycles. The van der Waals surface area contributed by atoms with Gasteiger partial charge in [-0.25, -0.2) is 14.8 Å². The minimum absolute atomic E-state index is 0.0705. The SMILES string of the molecule is COC(=O)c1nccc(N2CCCC(CO)C2)n1. The maximum atomic E-state index is 11.4. The van der Waals surface area contributed by atoms with E-state index in [1.807, 2.05) is 0 Å². The van der Waals surface area contributed by atoms with Gasteiger partial charge < -0.3 is 14.7 Å². The second-order valence-electron chi connectivity index (χ2n) is 4.37. The van der Waals surface area contributed by atoms with E-state index in [-0.39, 0.29) is 18.3 Å². The van der Waals surface area contributed by atoms with Gasteiger partial charge in [-0.3, -0.25) is 0 Å². The van der Waals surface area contributed by atoms with Crippen LogP contribution in [-0.4, -0.2) is 47.8 Å². The molecule has 2 rings (SSSR count). The minimum atomic E-state index is -0.535. The summed E-state index contributed by atoms with van der Waals surface area (Å²) < 4.78 is 4.60. The summed E-state index contributed by atoms with van der Waals surface area (Å²) in [6.45, 7) is 1.83. The summed E-state index contributed by atoms with van der Waals surface area (Å²) in [4.78, 5) is 21.5. The predicted octanol–water partition coefficient (Wildman–Crippen LogP) is 0.472. The molecule has 1 unspecified atom stereocenters. The Kier molecular flexibility index (Phi) is 4.09. The highest BCUT2D eigenvalue weighted by atomic mass is 16.5. The number of carbonyl (C=O) groups excluding carboxylic acids is 1. The van der Waals surface area contributed by atoms with Crippen LogP contribution in [0.25, 0.3) is 0 Å². The number of aliphatic hydroxyl groups is 1. The van der Waals surface area contributed by atoms with Crippen LogP contribution in [0.2, 0.25) is 0 Å². The molecule has 18 heavy (non-hydrogen) atoms. The molecule has 1 aromatic heterocycles. The van der Waals surface area contributed by atoms with E-state index in [1.54, 1.807) is 12.3 Å². The highest BCUT2D eigenvalue weighted by molar-refractivity contribution is 5.85. The first-order chi connectivity index (χ1) is 8.74. The molecule has 2 heterocycles. The molecule has 0 saturated carbocycles. The maximum absolute atomic E-state index is 11.4. The largest absolute Gasteiger partial charge is 0.463 e. The van der Waals surface area contributed by atoms with Crippen molar-refractivity contribution in [1.82, 2.24) is 9.97 Å². The molecular formula is C12H17N3O3. The molecule has 1 fully saturated rings. The smallest absolute Gasteiger partial charge is 0.376 e. The van der Waals surface area contributed by atoms with Crippen LogP contribution in [0.3, 0.4) is 0 Å². The van der Waals surface area contributed by atoms with Crippen molar-refractivity contribution in [1.29, 1.82) is 0 Å². The number of hydrogen-bond donors (Lipinski definition) is 1. The van der Waals surface area contributed by atoms with Gasteiger partial charge in [0.25, 0.3) is 0 Å². The van der Waals surface area contributed by atoms with Crippen LogP contribution in [0.4, 0.5) is 5.82 Å². The van der Waals surface area contributed by atoms with Gasteiger partial charge >= 0.3 is 5.97 Å². The van der Waals surface area contributed by atoms with Crippen LogP contribution < -0.4 is 4.90 Å². The van der Waals surface area contributed by atoms with Gasteiger partial charge in [0.15, 0.2) is 0 Å². The summed E-state index contributed by atoms with van der Waals surface area (Å²) in [6.07, 6.45) is 3.60. The molecule has 1 aliphatic rings. The molecule has 0 amide bonds. The van der Waals surface area contributed by atoms with Gasteiger partial charge in [-0.2, -0.15) is 0 Å². The quantitative estimate of drug-likeness (QED) is 0.787. The summed E-state index contributed by atoms with van der Waals surface area (Å²) in [5.74, 6) is 0.521. The molecule has 1 atom stereocenters. The van der Waals surface area contributed by atoms with Crippen LogP contribution in [0.15, 0.2) is 12.3 Å². The first kappa shape index (κ1) is 12.8. The molecule has 6 heteroatoms. The van der Waals surface area contributed by atoms with Crippen LogP contribution in [0.1, 0.15) is 23.5 Å². The van der Waals surface area contributed by atoms with E-state index in [0.29, 0.717) is 5.82 Å². The Morgan fingerprint density at radius 1 is 1.67 bits per heavy atom. The van der Waals surface area contributed by atoms with E-state index in [1.165, 1.54) is 7.11 Å². The first-order valence-corrected chi connectivity index (χ1v) is 6.01. The molecular weight excluding hydrogens is 234 g/mol. The molecule has 0 radical (unpaired) electrons. The molecule has 1 aliphatic heterocycles. The minimum Gasteiger partial charge on any atom is -0.463 e. The summed E-state index contributed by atoms with van der Waals surface area (Å²) in [7, 11) is 1.31. The van der Waals surface area contributed by atoms with Gasteiger partial charge in [0.1, 0.15) is 5.82 Å². The number of esters is 1. The molecule has 0 bridgehead atoms. The number of ether oxygens (including phenoxy) is 1. The summed E-state index contributed by atoms with van der Waals surface area (Å²) >= 11 is 0. The predicted molar refractivity (Wildman–Crippen MR) is 65.4 cm³/mol. The number of piperidine rings is 1. The third-order valence-electron chi connectivity index (χ3n) is 3.11. The van der Waals surface area contributed by atoms with Gasteiger partial charge in [-0.15, -0.1) is 0 Å². The van der Waals surface area contributed by atoms with Crippen LogP contribution >= 0.6 is 0 Å². The number of hydrogen-bond acceptors (Lipinski definition) is 6. The van der Waals surface area contributed by atoms with Gasteiger partial charge in [0.2, 0.25) is 5.82 Å². The topological polar surface area (TPSA) is 75.5 Å². The first-order valence-electron chi connectivity index (χ1n) is 6.01. The molecule has 98 valence electrons. The third kappa shape index (κ3) is 2.76. The fourth-order valence-electron chi connectivity index (χ4n) is 2.14. The third-order valence-corrected chi connectivity index (χ3v) is 3.11. The van der Waals surface area contributed by atoms with Gasteiger partial charge in [0, 0.05) is 25.9 Å². The Bertz CT molecular complexity index is 425. The summed E-state index contributed by atoms with van der Waals surface area (Å²) in [6, 6.07) is 1.77.